The van der Waals surface area contributed by atoms with E-state index in [1.807, 2.05) is 0 Å². The summed E-state index contributed by atoms with van der Waals surface area (Å²) in [5, 5.41) is 10.6. The predicted molar refractivity (Wildman–Crippen MR) is 57.7 cm³/mol. The molecule has 76 valence electrons. The van der Waals surface area contributed by atoms with E-state index in [4.69, 9.17) is 5.11 Å². The van der Waals surface area contributed by atoms with E-state index in [0.29, 0.717) is 5.70 Å². The molecule has 0 aromatic heterocycles. The molecule has 4 heteroatoms. The summed E-state index contributed by atoms with van der Waals surface area (Å²) in [5.41, 5.74) is 0.603. The second kappa shape index (κ2) is 5.06. The van der Waals surface area contributed by atoms with Gasteiger partial charge in [0.2, 0.25) is 0 Å². The number of carboxylic acid groups (broad SMARTS) is 1. The fourth-order valence-electron chi connectivity index (χ4n) is 1.05. The Labute approximate surface area is 80.9 Å². The zero-order chi connectivity index (χ0) is 10.5. The Morgan fingerprint density at radius 1 is 1.46 bits per heavy atom. The van der Waals surface area contributed by atoms with Gasteiger partial charge in [0.05, 0.1) is 0 Å². The van der Waals surface area contributed by atoms with Crippen LogP contribution in [0.3, 0.4) is 0 Å². The Morgan fingerprint density at radius 2 is 2.00 bits per heavy atom. The molecule has 0 unspecified atom stereocenters. The van der Waals surface area contributed by atoms with Gasteiger partial charge in [-0.2, -0.15) is 0 Å². The molecule has 0 rings (SSSR count). The molecule has 0 fully saturated rings. The van der Waals surface area contributed by atoms with Crippen LogP contribution >= 0.6 is 0 Å². The van der Waals surface area contributed by atoms with Crippen molar-refractivity contribution in [3.63, 3.8) is 0 Å². The molecule has 0 aromatic rings. The van der Waals surface area contributed by atoms with E-state index >= 15 is 0 Å². The normalized spacial score (nSPS) is 11.0. The first-order valence-electron chi connectivity index (χ1n) is 4.49. The van der Waals surface area contributed by atoms with Crippen LogP contribution in [0.1, 0.15) is 12.8 Å². The van der Waals surface area contributed by atoms with Gasteiger partial charge in [0.15, 0.2) is 0 Å². The first kappa shape index (κ1) is 12.2. The monoisotopic (exact) mass is 201 g/mol. The molecule has 3 nitrogen and oxygen atoms in total. The fourth-order valence-corrected chi connectivity index (χ4v) is 2.28. The van der Waals surface area contributed by atoms with Gasteiger partial charge in [0.1, 0.15) is 0 Å². The molecule has 0 aliphatic rings. The number of allylic oxidation sites excluding steroid dienone is 1. The van der Waals surface area contributed by atoms with Gasteiger partial charge in [-0.15, -0.1) is 0 Å². The first-order valence-corrected chi connectivity index (χ1v) is 8.20. The molecule has 0 aliphatic carbocycles. The van der Waals surface area contributed by atoms with Gasteiger partial charge in [-0.05, 0) is 6.42 Å². The van der Waals surface area contributed by atoms with Crippen LogP contribution in [0.5, 0.6) is 0 Å². The molecular formula is C9H19NO2Si. The molecule has 0 aliphatic heterocycles. The zero-order valence-electron chi connectivity index (χ0n) is 8.68. The summed E-state index contributed by atoms with van der Waals surface area (Å²) >= 11 is 0. The number of nitrogens with one attached hydrogen (secondary N) is 1. The zero-order valence-corrected chi connectivity index (χ0v) is 9.68. The highest BCUT2D eigenvalue weighted by molar-refractivity contribution is 6.76. The quantitative estimate of drug-likeness (QED) is 0.672. The van der Waals surface area contributed by atoms with Crippen molar-refractivity contribution < 1.29 is 9.90 Å². The van der Waals surface area contributed by atoms with E-state index < -0.39 is 14.2 Å². The smallest absolute Gasteiger partial charge is 0.408 e. The molecule has 1 amide bonds. The molecule has 0 bridgehead atoms. The minimum Gasteiger partial charge on any atom is -0.465 e. The van der Waals surface area contributed by atoms with Crippen molar-refractivity contribution in [1.82, 2.24) is 5.32 Å². The number of hydrogen-bond acceptors (Lipinski definition) is 1. The van der Waals surface area contributed by atoms with Crippen molar-refractivity contribution >= 4 is 14.2 Å². The number of carbonyl (C=O) groups is 1. The van der Waals surface area contributed by atoms with Gasteiger partial charge in [-0.1, -0.05) is 38.7 Å². The van der Waals surface area contributed by atoms with Gasteiger partial charge in [0, 0.05) is 13.8 Å². The lowest BCUT2D eigenvalue weighted by molar-refractivity contribution is 0.197. The van der Waals surface area contributed by atoms with Crippen LogP contribution in [-0.2, 0) is 0 Å². The number of rotatable bonds is 5. The lowest BCUT2D eigenvalue weighted by Crippen LogP contribution is -2.21. The van der Waals surface area contributed by atoms with E-state index in [9.17, 15) is 4.79 Å². The minimum atomic E-state index is -1.02. The highest BCUT2D eigenvalue weighted by Gasteiger charge is 2.12. The van der Waals surface area contributed by atoms with Gasteiger partial charge >= 0.3 is 6.09 Å². The maximum Gasteiger partial charge on any atom is 0.408 e. The summed E-state index contributed by atoms with van der Waals surface area (Å²) in [6, 6.07) is 1.22. The summed E-state index contributed by atoms with van der Waals surface area (Å²) in [5.74, 6) is 0. The van der Waals surface area contributed by atoms with Crippen molar-refractivity contribution in [2.24, 2.45) is 0 Å². The van der Waals surface area contributed by atoms with E-state index in [0.717, 1.165) is 12.8 Å². The van der Waals surface area contributed by atoms with Crippen LogP contribution in [-0.4, -0.2) is 19.3 Å². The van der Waals surface area contributed by atoms with Crippen molar-refractivity contribution in [3.05, 3.63) is 12.3 Å². The van der Waals surface area contributed by atoms with Crippen LogP contribution in [0.15, 0.2) is 12.3 Å². The predicted octanol–water partition coefficient (Wildman–Crippen LogP) is 2.89. The average molecular weight is 201 g/mol. The molecular weight excluding hydrogens is 182 g/mol. The van der Waals surface area contributed by atoms with E-state index in [1.54, 1.807) is 0 Å². The number of amides is 1. The Hall–Kier alpha value is -0.773. The van der Waals surface area contributed by atoms with Crippen molar-refractivity contribution in [3.8, 4) is 0 Å². The molecule has 13 heavy (non-hydrogen) atoms. The molecule has 0 heterocycles. The molecule has 0 atom stereocenters. The van der Waals surface area contributed by atoms with Crippen LogP contribution in [0.2, 0.25) is 25.7 Å². The molecule has 2 N–H and O–H groups in total. The summed E-state index contributed by atoms with van der Waals surface area (Å²) in [6.45, 7) is 10.6. The van der Waals surface area contributed by atoms with Crippen molar-refractivity contribution in [1.29, 1.82) is 0 Å². The highest BCUT2D eigenvalue weighted by atomic mass is 28.3. The van der Waals surface area contributed by atoms with Crippen LogP contribution in [0, 0.1) is 0 Å². The molecule has 0 spiro atoms. The van der Waals surface area contributed by atoms with E-state index in [-0.39, 0.29) is 0 Å². The summed E-state index contributed by atoms with van der Waals surface area (Å²) in [6.07, 6.45) is 0.781. The molecule has 0 radical (unpaired) electrons. The Kier molecular flexibility index (Phi) is 4.76. The van der Waals surface area contributed by atoms with Crippen molar-refractivity contribution in [2.75, 3.05) is 0 Å². The third kappa shape index (κ3) is 9.14. The topological polar surface area (TPSA) is 49.3 Å². The van der Waals surface area contributed by atoms with Gasteiger partial charge in [-0.3, -0.25) is 5.32 Å². The van der Waals surface area contributed by atoms with Crippen molar-refractivity contribution in [2.45, 2.75) is 38.5 Å². The van der Waals surface area contributed by atoms with Crippen LogP contribution < -0.4 is 5.32 Å². The fraction of sp³-hybridized carbons (Fsp3) is 0.667. The second-order valence-electron chi connectivity index (χ2n) is 4.45. The molecule has 0 saturated carbocycles. The van der Waals surface area contributed by atoms with E-state index in [1.165, 1.54) is 6.04 Å². The maximum absolute atomic E-state index is 10.2. The van der Waals surface area contributed by atoms with E-state index in [2.05, 4.69) is 31.5 Å². The Morgan fingerprint density at radius 3 is 2.38 bits per heavy atom. The number of hydrogen-bond donors (Lipinski definition) is 2. The second-order valence-corrected chi connectivity index (χ2v) is 10.1. The Bertz CT molecular complexity index is 196. The lowest BCUT2D eigenvalue weighted by atomic mass is 10.3. The molecule has 0 aromatic carbocycles. The largest absolute Gasteiger partial charge is 0.465 e. The minimum absolute atomic E-state index is 0.603. The summed E-state index contributed by atoms with van der Waals surface area (Å²) in [4.78, 5) is 10.2. The van der Waals surface area contributed by atoms with Gasteiger partial charge in [0.25, 0.3) is 0 Å². The maximum atomic E-state index is 10.2. The van der Waals surface area contributed by atoms with Gasteiger partial charge < -0.3 is 5.11 Å². The third-order valence-electron chi connectivity index (χ3n) is 1.69. The van der Waals surface area contributed by atoms with Gasteiger partial charge in [-0.25, -0.2) is 4.79 Å². The summed E-state index contributed by atoms with van der Waals surface area (Å²) in [7, 11) is -0.980. The standard InChI is InChI=1S/C9H19NO2Si/c1-8(10-9(11)12)6-5-7-13(2,3)4/h10H,1,5-7H2,2-4H3,(H,11,12). The highest BCUT2D eigenvalue weighted by Crippen LogP contribution is 2.14. The van der Waals surface area contributed by atoms with Crippen LogP contribution in [0.4, 0.5) is 4.79 Å². The third-order valence-corrected chi connectivity index (χ3v) is 3.54. The average Bonchev–Trinajstić information content (AvgIpc) is 1.81. The Balaban J connectivity index is 3.54. The lowest BCUT2D eigenvalue weighted by Gasteiger charge is -2.15. The molecule has 0 saturated heterocycles. The van der Waals surface area contributed by atoms with Crippen LogP contribution in [0.25, 0.3) is 0 Å². The SMILES string of the molecule is C=C(CCC[Si](C)(C)C)NC(=O)O. The first-order chi connectivity index (χ1) is 5.81. The summed E-state index contributed by atoms with van der Waals surface area (Å²) < 4.78 is 0.